The van der Waals surface area contributed by atoms with E-state index in [4.69, 9.17) is 9.47 Å². The van der Waals surface area contributed by atoms with Gasteiger partial charge in [0.15, 0.2) is 0 Å². The molecule has 2 aromatic carbocycles. The predicted octanol–water partition coefficient (Wildman–Crippen LogP) is 6.01. The predicted molar refractivity (Wildman–Crippen MR) is 124 cm³/mol. The first-order valence-electron chi connectivity index (χ1n) is 9.20. The summed E-state index contributed by atoms with van der Waals surface area (Å²) in [7, 11) is 1.57. The third-order valence-corrected chi connectivity index (χ3v) is 5.72. The first-order valence-corrected chi connectivity index (χ1v) is 10.8. The molecule has 0 aliphatic rings. The van der Waals surface area contributed by atoms with Gasteiger partial charge in [-0.15, -0.1) is 11.3 Å². The summed E-state index contributed by atoms with van der Waals surface area (Å²) in [6, 6.07) is 16.9. The minimum absolute atomic E-state index is 0.255. The van der Waals surface area contributed by atoms with Crippen LogP contribution in [0.3, 0.4) is 0 Å². The maximum absolute atomic E-state index is 12.6. The highest BCUT2D eigenvalue weighted by molar-refractivity contribution is 9.10. The van der Waals surface area contributed by atoms with Gasteiger partial charge >= 0.3 is 5.97 Å². The Bertz CT molecular complexity index is 1080. The lowest BCUT2D eigenvalue weighted by molar-refractivity contribution is -0.111. The fraction of sp³-hybridized carbons (Fsp3) is 0.130. The molecule has 1 heterocycles. The third kappa shape index (κ3) is 5.37. The quantitative estimate of drug-likeness (QED) is 0.328. The fourth-order valence-electron chi connectivity index (χ4n) is 2.74. The summed E-state index contributed by atoms with van der Waals surface area (Å²) in [6.07, 6.45) is 3.07. The zero-order chi connectivity index (χ0) is 21.5. The fourth-order valence-corrected chi connectivity index (χ4v) is 4.18. The number of hydrogen-bond acceptors (Lipinski definition) is 5. The molecule has 0 unspecified atom stereocenters. The number of carbonyl (C=O) groups is 2. The molecule has 0 radical (unpaired) electrons. The Labute approximate surface area is 187 Å². The van der Waals surface area contributed by atoms with E-state index in [0.29, 0.717) is 16.3 Å². The molecule has 5 nitrogen and oxygen atoms in total. The standard InChI is InChI=1S/C23H20BrNO4S/c1-3-29-23(27)18-14-20(15-7-5-4-6-8-15)30-22(18)25-21(26)12-9-16-13-17(24)10-11-19(16)28-2/h4-14H,3H2,1-2H3,(H,25,26)/b12-9+. The number of ether oxygens (including phenoxy) is 2. The average molecular weight is 486 g/mol. The van der Waals surface area contributed by atoms with Crippen LogP contribution in [0.2, 0.25) is 0 Å². The van der Waals surface area contributed by atoms with Crippen molar-refractivity contribution in [1.82, 2.24) is 0 Å². The Balaban J connectivity index is 1.86. The zero-order valence-corrected chi connectivity index (χ0v) is 18.9. The van der Waals surface area contributed by atoms with Crippen molar-refractivity contribution in [2.24, 2.45) is 0 Å². The highest BCUT2D eigenvalue weighted by Crippen LogP contribution is 2.36. The number of thiophene rings is 1. The molecule has 7 heteroatoms. The van der Waals surface area contributed by atoms with Crippen LogP contribution in [0.5, 0.6) is 5.75 Å². The molecule has 1 amide bonds. The molecule has 0 saturated carbocycles. The second-order valence-electron chi connectivity index (χ2n) is 6.15. The summed E-state index contributed by atoms with van der Waals surface area (Å²) in [5, 5.41) is 3.25. The van der Waals surface area contributed by atoms with E-state index in [1.165, 1.54) is 17.4 Å². The van der Waals surface area contributed by atoms with Crippen LogP contribution in [0.15, 0.2) is 65.1 Å². The van der Waals surface area contributed by atoms with E-state index >= 15 is 0 Å². The van der Waals surface area contributed by atoms with Crippen LogP contribution in [-0.4, -0.2) is 25.6 Å². The van der Waals surface area contributed by atoms with Crippen LogP contribution in [0, 0.1) is 0 Å². The molecule has 30 heavy (non-hydrogen) atoms. The lowest BCUT2D eigenvalue weighted by Gasteiger charge is -2.06. The molecule has 1 N–H and O–H groups in total. The number of rotatable bonds is 7. The Morgan fingerprint density at radius 2 is 1.90 bits per heavy atom. The van der Waals surface area contributed by atoms with Gasteiger partial charge in [-0.3, -0.25) is 4.79 Å². The summed E-state index contributed by atoms with van der Waals surface area (Å²) < 4.78 is 11.3. The molecule has 0 fully saturated rings. The second-order valence-corrected chi connectivity index (χ2v) is 8.12. The Kier molecular flexibility index (Phi) is 7.43. The van der Waals surface area contributed by atoms with Crippen LogP contribution in [0.25, 0.3) is 16.5 Å². The van der Waals surface area contributed by atoms with Crippen LogP contribution < -0.4 is 10.1 Å². The van der Waals surface area contributed by atoms with Crippen LogP contribution in [-0.2, 0) is 9.53 Å². The van der Waals surface area contributed by atoms with E-state index in [0.717, 1.165) is 20.5 Å². The summed E-state index contributed by atoms with van der Waals surface area (Å²) >= 11 is 4.74. The summed E-state index contributed by atoms with van der Waals surface area (Å²) in [4.78, 5) is 25.8. The van der Waals surface area contributed by atoms with E-state index in [-0.39, 0.29) is 12.5 Å². The highest BCUT2D eigenvalue weighted by Gasteiger charge is 2.19. The number of halogens is 1. The molecule has 0 atom stereocenters. The van der Waals surface area contributed by atoms with Crippen LogP contribution in [0.1, 0.15) is 22.8 Å². The number of anilines is 1. The third-order valence-electron chi connectivity index (χ3n) is 4.13. The normalized spacial score (nSPS) is 10.8. The largest absolute Gasteiger partial charge is 0.496 e. The molecule has 3 rings (SSSR count). The maximum atomic E-state index is 12.6. The highest BCUT2D eigenvalue weighted by atomic mass is 79.9. The molecule has 3 aromatic rings. The van der Waals surface area contributed by atoms with Gasteiger partial charge in [0.2, 0.25) is 5.91 Å². The molecule has 0 aliphatic carbocycles. The molecular formula is C23H20BrNO4S. The van der Waals surface area contributed by atoms with Crippen molar-refractivity contribution < 1.29 is 19.1 Å². The van der Waals surface area contributed by atoms with Gasteiger partial charge in [-0.2, -0.15) is 0 Å². The van der Waals surface area contributed by atoms with Gasteiger partial charge in [-0.1, -0.05) is 46.3 Å². The van der Waals surface area contributed by atoms with E-state index in [9.17, 15) is 9.59 Å². The van der Waals surface area contributed by atoms with Crippen LogP contribution in [0.4, 0.5) is 5.00 Å². The van der Waals surface area contributed by atoms with Gasteiger partial charge in [0.25, 0.3) is 0 Å². The van der Waals surface area contributed by atoms with Crippen molar-refractivity contribution in [1.29, 1.82) is 0 Å². The van der Waals surface area contributed by atoms with Gasteiger partial charge in [-0.25, -0.2) is 4.79 Å². The number of hydrogen-bond donors (Lipinski definition) is 1. The molecule has 1 aromatic heterocycles. The van der Waals surface area contributed by atoms with E-state index < -0.39 is 5.97 Å². The number of nitrogens with one attached hydrogen (secondary N) is 1. The minimum atomic E-state index is -0.469. The monoisotopic (exact) mass is 485 g/mol. The number of benzene rings is 2. The smallest absolute Gasteiger partial charge is 0.341 e. The molecule has 0 bridgehead atoms. The Morgan fingerprint density at radius 3 is 2.60 bits per heavy atom. The lowest BCUT2D eigenvalue weighted by atomic mass is 10.1. The van der Waals surface area contributed by atoms with Crippen molar-refractivity contribution in [3.8, 4) is 16.2 Å². The van der Waals surface area contributed by atoms with E-state index in [1.54, 1.807) is 26.2 Å². The number of esters is 1. The van der Waals surface area contributed by atoms with E-state index in [1.807, 2.05) is 48.5 Å². The van der Waals surface area contributed by atoms with Gasteiger partial charge in [0, 0.05) is 21.0 Å². The van der Waals surface area contributed by atoms with Gasteiger partial charge < -0.3 is 14.8 Å². The Morgan fingerprint density at radius 1 is 1.13 bits per heavy atom. The average Bonchev–Trinajstić information content (AvgIpc) is 3.17. The summed E-state index contributed by atoms with van der Waals surface area (Å²) in [5.41, 5.74) is 2.05. The van der Waals surface area contributed by atoms with Crippen molar-refractivity contribution in [3.63, 3.8) is 0 Å². The van der Waals surface area contributed by atoms with Gasteiger partial charge in [0.1, 0.15) is 10.8 Å². The topological polar surface area (TPSA) is 64.6 Å². The van der Waals surface area contributed by atoms with Crippen molar-refractivity contribution in [2.75, 3.05) is 19.0 Å². The number of carbonyl (C=O) groups excluding carboxylic acids is 2. The van der Waals surface area contributed by atoms with E-state index in [2.05, 4.69) is 21.2 Å². The SMILES string of the molecule is CCOC(=O)c1cc(-c2ccccc2)sc1NC(=O)/C=C/c1cc(Br)ccc1OC. The molecule has 154 valence electrons. The molecule has 0 spiro atoms. The molecule has 0 aliphatic heterocycles. The number of amides is 1. The number of methoxy groups -OCH3 is 1. The molecular weight excluding hydrogens is 466 g/mol. The lowest BCUT2D eigenvalue weighted by Crippen LogP contribution is -2.11. The zero-order valence-electron chi connectivity index (χ0n) is 16.5. The first-order chi connectivity index (χ1) is 14.5. The summed E-state index contributed by atoms with van der Waals surface area (Å²) in [6.45, 7) is 2.00. The van der Waals surface area contributed by atoms with Gasteiger partial charge in [-0.05, 0) is 42.8 Å². The van der Waals surface area contributed by atoms with Gasteiger partial charge in [0.05, 0.1) is 19.3 Å². The summed E-state index contributed by atoms with van der Waals surface area (Å²) in [5.74, 6) is -0.176. The first kappa shape index (κ1) is 21.8. The van der Waals surface area contributed by atoms with Crippen molar-refractivity contribution >= 4 is 50.2 Å². The minimum Gasteiger partial charge on any atom is -0.496 e. The van der Waals surface area contributed by atoms with Crippen molar-refractivity contribution in [3.05, 3.63) is 76.3 Å². The second kappa shape index (κ2) is 10.2. The molecule has 0 saturated heterocycles. The van der Waals surface area contributed by atoms with Crippen molar-refractivity contribution in [2.45, 2.75) is 6.92 Å². The van der Waals surface area contributed by atoms with Crippen LogP contribution >= 0.6 is 27.3 Å². The maximum Gasteiger partial charge on any atom is 0.341 e. The Hall–Kier alpha value is -2.90.